The van der Waals surface area contributed by atoms with Crippen LogP contribution >= 0.6 is 11.8 Å². The molecular formula is C29H29N3O2S. The molecule has 35 heavy (non-hydrogen) atoms. The summed E-state index contributed by atoms with van der Waals surface area (Å²) in [5.41, 5.74) is 2.77. The SMILES string of the molecule is CSc1ccc(CCN2C(=O)c3cc4ccccc4n3C[C@]2(C)C(=O)NCc2ccccc2)cc1. The first-order valence-corrected chi connectivity index (χ1v) is 13.1. The molecule has 5 nitrogen and oxygen atoms in total. The van der Waals surface area contributed by atoms with Gasteiger partial charge in [0.2, 0.25) is 5.91 Å². The van der Waals surface area contributed by atoms with E-state index in [1.54, 1.807) is 16.7 Å². The standard InChI is InChI=1S/C29H29N3O2S/c1-29(28(34)30-19-22-8-4-3-5-9-22)20-31-25-11-7-6-10-23(25)18-26(31)27(33)32(29)17-16-21-12-14-24(35-2)15-13-21/h3-15,18H,16-17,19-20H2,1-2H3,(H,30,34)/t29-/m1/s1. The average Bonchev–Trinajstić information content (AvgIpc) is 3.26. The fourth-order valence-corrected chi connectivity index (χ4v) is 5.27. The number of nitrogens with one attached hydrogen (secondary N) is 1. The Hall–Kier alpha value is -3.51. The molecule has 0 bridgehead atoms. The van der Waals surface area contributed by atoms with E-state index in [-0.39, 0.29) is 11.8 Å². The molecule has 0 spiro atoms. The van der Waals surface area contributed by atoms with Crippen molar-refractivity contribution in [1.29, 1.82) is 0 Å². The van der Waals surface area contributed by atoms with Gasteiger partial charge in [0.1, 0.15) is 11.2 Å². The molecular weight excluding hydrogens is 454 g/mol. The first kappa shape index (κ1) is 23.2. The molecule has 1 N–H and O–H groups in total. The maximum absolute atomic E-state index is 13.8. The molecule has 0 radical (unpaired) electrons. The van der Waals surface area contributed by atoms with Crippen LogP contribution in [0.1, 0.15) is 28.5 Å². The smallest absolute Gasteiger partial charge is 0.271 e. The van der Waals surface area contributed by atoms with Crippen molar-refractivity contribution >= 4 is 34.5 Å². The number of nitrogens with zero attached hydrogens (tertiary/aromatic N) is 2. The van der Waals surface area contributed by atoms with E-state index in [1.807, 2.05) is 72.2 Å². The van der Waals surface area contributed by atoms with Crippen molar-refractivity contribution in [3.05, 3.63) is 102 Å². The van der Waals surface area contributed by atoms with Gasteiger partial charge in [-0.25, -0.2) is 0 Å². The molecule has 2 heterocycles. The fraction of sp³-hybridized carbons (Fsp3) is 0.241. The molecule has 178 valence electrons. The molecule has 4 aromatic rings. The van der Waals surface area contributed by atoms with Gasteiger partial charge in [0.05, 0.1) is 6.54 Å². The summed E-state index contributed by atoms with van der Waals surface area (Å²) in [6.07, 6.45) is 2.74. The number of amides is 2. The quantitative estimate of drug-likeness (QED) is 0.371. The number of hydrogen-bond donors (Lipinski definition) is 1. The van der Waals surface area contributed by atoms with Crippen LogP contribution in [-0.2, 0) is 24.3 Å². The highest BCUT2D eigenvalue weighted by molar-refractivity contribution is 7.98. The molecule has 5 rings (SSSR count). The van der Waals surface area contributed by atoms with Gasteiger partial charge in [-0.2, -0.15) is 0 Å². The topological polar surface area (TPSA) is 54.3 Å². The Kier molecular flexibility index (Phi) is 6.39. The number of thioether (sulfide) groups is 1. The molecule has 0 aliphatic carbocycles. The molecule has 6 heteroatoms. The zero-order chi connectivity index (χ0) is 24.4. The third kappa shape index (κ3) is 4.46. The summed E-state index contributed by atoms with van der Waals surface area (Å²) in [7, 11) is 0. The van der Waals surface area contributed by atoms with Gasteiger partial charge in [-0.3, -0.25) is 9.59 Å². The van der Waals surface area contributed by atoms with Gasteiger partial charge >= 0.3 is 0 Å². The number of carbonyl (C=O) groups is 2. The van der Waals surface area contributed by atoms with Gasteiger partial charge in [-0.05, 0) is 55.0 Å². The van der Waals surface area contributed by atoms with Gasteiger partial charge in [-0.15, -0.1) is 11.8 Å². The molecule has 2 amide bonds. The van der Waals surface area contributed by atoms with Crippen molar-refractivity contribution in [2.24, 2.45) is 0 Å². The van der Waals surface area contributed by atoms with Crippen LogP contribution in [0.3, 0.4) is 0 Å². The Morgan fingerprint density at radius 3 is 2.43 bits per heavy atom. The lowest BCUT2D eigenvalue weighted by Gasteiger charge is -2.44. The van der Waals surface area contributed by atoms with Crippen LogP contribution < -0.4 is 5.32 Å². The molecule has 1 atom stereocenters. The van der Waals surface area contributed by atoms with Crippen LogP contribution in [0.15, 0.2) is 89.8 Å². The maximum Gasteiger partial charge on any atom is 0.271 e. The summed E-state index contributed by atoms with van der Waals surface area (Å²) in [5.74, 6) is -0.249. The van der Waals surface area contributed by atoms with Crippen LogP contribution in [-0.4, -0.2) is 39.6 Å². The third-order valence-electron chi connectivity index (χ3n) is 6.90. The minimum Gasteiger partial charge on any atom is -0.350 e. The first-order chi connectivity index (χ1) is 17.0. The largest absolute Gasteiger partial charge is 0.350 e. The van der Waals surface area contributed by atoms with E-state index in [0.29, 0.717) is 31.7 Å². The Labute approximate surface area is 210 Å². The number of fused-ring (bicyclic) bond motifs is 3. The Bertz CT molecular complexity index is 1360. The van der Waals surface area contributed by atoms with Gasteiger partial charge < -0.3 is 14.8 Å². The van der Waals surface area contributed by atoms with E-state index in [9.17, 15) is 9.59 Å². The molecule has 0 unspecified atom stereocenters. The van der Waals surface area contributed by atoms with E-state index in [4.69, 9.17) is 0 Å². The summed E-state index contributed by atoms with van der Waals surface area (Å²) < 4.78 is 2.00. The predicted octanol–water partition coefficient (Wildman–Crippen LogP) is 5.14. The van der Waals surface area contributed by atoms with Gasteiger partial charge in [0.25, 0.3) is 5.91 Å². The Balaban J connectivity index is 1.46. The van der Waals surface area contributed by atoms with E-state index in [0.717, 1.165) is 22.0 Å². The molecule has 0 saturated carbocycles. The zero-order valence-corrected chi connectivity index (χ0v) is 20.8. The lowest BCUT2D eigenvalue weighted by Crippen LogP contribution is -2.64. The lowest BCUT2D eigenvalue weighted by atomic mass is 9.93. The second-order valence-corrected chi connectivity index (χ2v) is 10.1. The van der Waals surface area contributed by atoms with Crippen molar-refractivity contribution in [2.75, 3.05) is 12.8 Å². The molecule has 0 fully saturated rings. The van der Waals surface area contributed by atoms with Crippen molar-refractivity contribution in [2.45, 2.75) is 36.9 Å². The average molecular weight is 484 g/mol. The highest BCUT2D eigenvalue weighted by Gasteiger charge is 2.47. The Morgan fingerprint density at radius 1 is 0.971 bits per heavy atom. The number of hydrogen-bond acceptors (Lipinski definition) is 3. The summed E-state index contributed by atoms with van der Waals surface area (Å²) >= 11 is 1.71. The summed E-state index contributed by atoms with van der Waals surface area (Å²) in [4.78, 5) is 30.5. The van der Waals surface area contributed by atoms with Crippen molar-refractivity contribution in [3.63, 3.8) is 0 Å². The van der Waals surface area contributed by atoms with Gasteiger partial charge in [-0.1, -0.05) is 60.7 Å². The number of para-hydroxylation sites is 1. The minimum absolute atomic E-state index is 0.106. The molecule has 1 aromatic heterocycles. The minimum atomic E-state index is -1.01. The van der Waals surface area contributed by atoms with Crippen LogP contribution in [0.25, 0.3) is 10.9 Å². The fourth-order valence-electron chi connectivity index (χ4n) is 4.86. The van der Waals surface area contributed by atoms with Gasteiger partial charge in [0, 0.05) is 28.9 Å². The van der Waals surface area contributed by atoms with Crippen molar-refractivity contribution in [1.82, 2.24) is 14.8 Å². The number of benzene rings is 3. The highest BCUT2D eigenvalue weighted by Crippen LogP contribution is 2.32. The van der Waals surface area contributed by atoms with E-state index in [2.05, 4.69) is 35.8 Å². The summed E-state index contributed by atoms with van der Waals surface area (Å²) in [5, 5.41) is 4.11. The summed E-state index contributed by atoms with van der Waals surface area (Å²) in [6, 6.07) is 28.2. The lowest BCUT2D eigenvalue weighted by molar-refractivity contribution is -0.133. The second-order valence-electron chi connectivity index (χ2n) is 9.17. The van der Waals surface area contributed by atoms with Gasteiger partial charge in [0.15, 0.2) is 0 Å². The third-order valence-corrected chi connectivity index (χ3v) is 7.65. The van der Waals surface area contributed by atoms with Crippen LogP contribution in [0, 0.1) is 0 Å². The van der Waals surface area contributed by atoms with Crippen LogP contribution in [0.4, 0.5) is 0 Å². The number of carbonyl (C=O) groups excluding carboxylic acids is 2. The summed E-state index contributed by atoms with van der Waals surface area (Å²) in [6.45, 7) is 3.19. The van der Waals surface area contributed by atoms with Crippen LogP contribution in [0.5, 0.6) is 0 Å². The highest BCUT2D eigenvalue weighted by atomic mass is 32.2. The zero-order valence-electron chi connectivity index (χ0n) is 20.0. The molecule has 3 aromatic carbocycles. The van der Waals surface area contributed by atoms with E-state index >= 15 is 0 Å². The molecule has 0 saturated heterocycles. The van der Waals surface area contributed by atoms with Crippen LogP contribution in [0.2, 0.25) is 0 Å². The van der Waals surface area contributed by atoms with Crippen molar-refractivity contribution in [3.8, 4) is 0 Å². The number of rotatable bonds is 7. The number of aromatic nitrogens is 1. The molecule has 1 aliphatic heterocycles. The predicted molar refractivity (Wildman–Crippen MR) is 142 cm³/mol. The maximum atomic E-state index is 13.8. The van der Waals surface area contributed by atoms with Crippen molar-refractivity contribution < 1.29 is 9.59 Å². The van der Waals surface area contributed by atoms with E-state index in [1.165, 1.54) is 4.90 Å². The normalized spacial score (nSPS) is 17.4. The Morgan fingerprint density at radius 2 is 1.69 bits per heavy atom. The molecule has 1 aliphatic rings. The monoisotopic (exact) mass is 483 g/mol. The second kappa shape index (κ2) is 9.62. The van der Waals surface area contributed by atoms with E-state index < -0.39 is 5.54 Å². The first-order valence-electron chi connectivity index (χ1n) is 11.8.